The van der Waals surface area contributed by atoms with Crippen LogP contribution >= 0.6 is 0 Å². The summed E-state index contributed by atoms with van der Waals surface area (Å²) >= 11 is 0. The van der Waals surface area contributed by atoms with E-state index >= 15 is 0 Å². The van der Waals surface area contributed by atoms with E-state index in [9.17, 15) is 9.59 Å². The molecule has 0 aliphatic carbocycles. The van der Waals surface area contributed by atoms with Crippen LogP contribution in [0.4, 0.5) is 0 Å². The van der Waals surface area contributed by atoms with E-state index in [2.05, 4.69) is 22.0 Å². The summed E-state index contributed by atoms with van der Waals surface area (Å²) in [6.07, 6.45) is 1.33. The average Bonchev–Trinajstić information content (AvgIpc) is 2.74. The lowest BCUT2D eigenvalue weighted by Gasteiger charge is -2.34. The number of hydrogen-bond donors (Lipinski definition) is 1. The summed E-state index contributed by atoms with van der Waals surface area (Å²) in [5.41, 5.74) is 2.82. The Hall–Kier alpha value is -2.92. The molecule has 3 aromatic rings. The Balaban J connectivity index is 1.31. The number of piperazine rings is 1. The summed E-state index contributed by atoms with van der Waals surface area (Å²) in [5, 5.41) is 1.05. The first-order valence-corrected chi connectivity index (χ1v) is 9.84. The second kappa shape index (κ2) is 8.40. The Morgan fingerprint density at radius 3 is 2.43 bits per heavy atom. The molecule has 1 aromatic heterocycles. The standard InChI is InChI=1S/C23H25N3O2/c27-22(11-10-18-6-2-1-3-7-18)26-14-12-25(13-15-26)17-20-16-19-8-4-5-9-21(19)24-23(20)28/h1-9,16H,10-15,17H2,(H,24,28). The van der Waals surface area contributed by atoms with Crippen LogP contribution in [0, 0.1) is 0 Å². The minimum absolute atomic E-state index is 0.0277. The molecule has 0 spiro atoms. The number of para-hydroxylation sites is 1. The molecule has 2 heterocycles. The fourth-order valence-corrected chi connectivity index (χ4v) is 3.76. The van der Waals surface area contributed by atoms with Crippen LogP contribution in [0.2, 0.25) is 0 Å². The van der Waals surface area contributed by atoms with Gasteiger partial charge in [-0.05, 0) is 29.5 Å². The number of benzene rings is 2. The number of pyridine rings is 1. The Morgan fingerprint density at radius 1 is 0.929 bits per heavy atom. The van der Waals surface area contributed by atoms with Crippen molar-refractivity contribution >= 4 is 16.8 Å². The maximum absolute atomic E-state index is 12.5. The van der Waals surface area contributed by atoms with Gasteiger partial charge in [0.1, 0.15) is 0 Å². The zero-order chi connectivity index (χ0) is 19.3. The van der Waals surface area contributed by atoms with Gasteiger partial charge in [0.05, 0.1) is 0 Å². The number of hydrogen-bond acceptors (Lipinski definition) is 3. The van der Waals surface area contributed by atoms with E-state index in [1.165, 1.54) is 5.56 Å². The van der Waals surface area contributed by atoms with Crippen LogP contribution < -0.4 is 5.56 Å². The molecule has 28 heavy (non-hydrogen) atoms. The second-order valence-electron chi connectivity index (χ2n) is 7.35. The molecule has 0 saturated carbocycles. The third-order valence-electron chi connectivity index (χ3n) is 5.42. The second-order valence-corrected chi connectivity index (χ2v) is 7.35. The third-order valence-corrected chi connectivity index (χ3v) is 5.42. The number of fused-ring (bicyclic) bond motifs is 1. The quantitative estimate of drug-likeness (QED) is 0.746. The van der Waals surface area contributed by atoms with Crippen LogP contribution in [0.15, 0.2) is 65.5 Å². The molecule has 1 fully saturated rings. The van der Waals surface area contributed by atoms with E-state index in [1.54, 1.807) is 0 Å². The van der Waals surface area contributed by atoms with Crippen LogP contribution in [0.3, 0.4) is 0 Å². The van der Waals surface area contributed by atoms with Crippen LogP contribution in [-0.2, 0) is 17.8 Å². The van der Waals surface area contributed by atoms with Gasteiger partial charge in [-0.2, -0.15) is 0 Å². The van der Waals surface area contributed by atoms with Crippen LogP contribution in [-0.4, -0.2) is 46.9 Å². The van der Waals surface area contributed by atoms with Crippen LogP contribution in [0.1, 0.15) is 17.5 Å². The van der Waals surface area contributed by atoms with Crippen molar-refractivity contribution in [3.05, 3.63) is 82.1 Å². The molecule has 5 nitrogen and oxygen atoms in total. The van der Waals surface area contributed by atoms with Gasteiger partial charge in [0.15, 0.2) is 0 Å². The minimum Gasteiger partial charge on any atom is -0.340 e. The first-order chi connectivity index (χ1) is 13.7. The van der Waals surface area contributed by atoms with Crippen molar-refractivity contribution in [2.24, 2.45) is 0 Å². The van der Waals surface area contributed by atoms with Gasteiger partial charge in [-0.15, -0.1) is 0 Å². The Bertz CT molecular complexity index is 1010. The lowest BCUT2D eigenvalue weighted by molar-refractivity contribution is -0.133. The van der Waals surface area contributed by atoms with Crippen molar-refractivity contribution in [1.29, 1.82) is 0 Å². The van der Waals surface area contributed by atoms with Crippen molar-refractivity contribution in [2.75, 3.05) is 26.2 Å². The van der Waals surface area contributed by atoms with E-state index in [4.69, 9.17) is 0 Å². The number of carbonyl (C=O) groups excluding carboxylic acids is 1. The molecule has 2 aromatic carbocycles. The van der Waals surface area contributed by atoms with Gasteiger partial charge in [-0.3, -0.25) is 14.5 Å². The summed E-state index contributed by atoms with van der Waals surface area (Å²) in [7, 11) is 0. The topological polar surface area (TPSA) is 56.4 Å². The fourth-order valence-electron chi connectivity index (χ4n) is 3.76. The van der Waals surface area contributed by atoms with Gasteiger partial charge in [-0.1, -0.05) is 48.5 Å². The average molecular weight is 375 g/mol. The molecule has 1 saturated heterocycles. The number of amides is 1. The van der Waals surface area contributed by atoms with Crippen LogP contribution in [0.25, 0.3) is 10.9 Å². The molecule has 1 aliphatic heterocycles. The maximum atomic E-state index is 12.5. The number of nitrogens with one attached hydrogen (secondary N) is 1. The van der Waals surface area contributed by atoms with Crippen molar-refractivity contribution in [2.45, 2.75) is 19.4 Å². The smallest absolute Gasteiger partial charge is 0.252 e. The molecule has 0 radical (unpaired) electrons. The molecular formula is C23H25N3O2. The molecule has 4 rings (SSSR count). The molecule has 1 N–H and O–H groups in total. The van der Waals surface area contributed by atoms with E-state index in [1.807, 2.05) is 53.4 Å². The van der Waals surface area contributed by atoms with Gasteiger partial charge in [0.25, 0.3) is 5.56 Å². The summed E-state index contributed by atoms with van der Waals surface area (Å²) in [6, 6.07) is 19.9. The van der Waals surface area contributed by atoms with Gasteiger partial charge < -0.3 is 9.88 Å². The Morgan fingerprint density at radius 2 is 1.64 bits per heavy atom. The van der Waals surface area contributed by atoms with Gasteiger partial charge in [0.2, 0.25) is 5.91 Å². The van der Waals surface area contributed by atoms with Gasteiger partial charge in [0, 0.05) is 50.2 Å². The third kappa shape index (κ3) is 4.31. The molecular weight excluding hydrogens is 350 g/mol. The molecule has 1 amide bonds. The minimum atomic E-state index is -0.0277. The highest BCUT2D eigenvalue weighted by Crippen LogP contribution is 2.13. The molecule has 5 heteroatoms. The van der Waals surface area contributed by atoms with E-state index < -0.39 is 0 Å². The van der Waals surface area contributed by atoms with Crippen molar-refractivity contribution < 1.29 is 4.79 Å². The monoisotopic (exact) mass is 375 g/mol. The highest BCUT2D eigenvalue weighted by Gasteiger charge is 2.21. The van der Waals surface area contributed by atoms with E-state index in [0.717, 1.165) is 49.1 Å². The van der Waals surface area contributed by atoms with Crippen molar-refractivity contribution in [1.82, 2.24) is 14.8 Å². The summed E-state index contributed by atoms with van der Waals surface area (Å²) < 4.78 is 0. The highest BCUT2D eigenvalue weighted by molar-refractivity contribution is 5.78. The van der Waals surface area contributed by atoms with Crippen molar-refractivity contribution in [3.63, 3.8) is 0 Å². The number of carbonyl (C=O) groups is 1. The van der Waals surface area contributed by atoms with Gasteiger partial charge >= 0.3 is 0 Å². The molecule has 1 aliphatic rings. The predicted octanol–water partition coefficient (Wildman–Crippen LogP) is 2.81. The lowest BCUT2D eigenvalue weighted by Crippen LogP contribution is -2.48. The number of aromatic amines is 1. The maximum Gasteiger partial charge on any atom is 0.252 e. The predicted molar refractivity (Wildman–Crippen MR) is 111 cm³/mol. The Labute approximate surface area is 164 Å². The molecule has 0 unspecified atom stereocenters. The van der Waals surface area contributed by atoms with Crippen molar-refractivity contribution in [3.8, 4) is 0 Å². The number of H-pyrrole nitrogens is 1. The summed E-state index contributed by atoms with van der Waals surface area (Å²) in [6.45, 7) is 3.65. The Kier molecular flexibility index (Phi) is 5.53. The fraction of sp³-hybridized carbons (Fsp3) is 0.304. The first kappa shape index (κ1) is 18.4. The highest BCUT2D eigenvalue weighted by atomic mass is 16.2. The lowest BCUT2D eigenvalue weighted by atomic mass is 10.1. The zero-order valence-corrected chi connectivity index (χ0v) is 15.9. The number of aromatic nitrogens is 1. The summed E-state index contributed by atoms with van der Waals surface area (Å²) in [4.78, 5) is 32.0. The van der Waals surface area contributed by atoms with Gasteiger partial charge in [-0.25, -0.2) is 0 Å². The summed E-state index contributed by atoms with van der Waals surface area (Å²) in [5.74, 6) is 0.215. The van der Waals surface area contributed by atoms with E-state index in [-0.39, 0.29) is 11.5 Å². The molecule has 144 valence electrons. The largest absolute Gasteiger partial charge is 0.340 e. The van der Waals surface area contributed by atoms with Crippen LogP contribution in [0.5, 0.6) is 0 Å². The number of aryl methyl sites for hydroxylation is 1. The number of rotatable bonds is 5. The first-order valence-electron chi connectivity index (χ1n) is 9.84. The molecule has 0 bridgehead atoms. The van der Waals surface area contributed by atoms with E-state index in [0.29, 0.717) is 13.0 Å². The normalized spacial score (nSPS) is 15.1. The number of nitrogens with zero attached hydrogens (tertiary/aromatic N) is 2. The zero-order valence-electron chi connectivity index (χ0n) is 15.9. The SMILES string of the molecule is O=C(CCc1ccccc1)N1CCN(Cc2cc3ccccc3[nH]c2=O)CC1. The molecule has 0 atom stereocenters.